The number of alkyl halides is 1. The third-order valence-electron chi connectivity index (χ3n) is 4.78. The van der Waals surface area contributed by atoms with Crippen molar-refractivity contribution in [3.63, 3.8) is 0 Å². The van der Waals surface area contributed by atoms with Crippen LogP contribution in [0.2, 0.25) is 0 Å². The van der Waals surface area contributed by atoms with E-state index in [-0.39, 0.29) is 22.7 Å². The van der Waals surface area contributed by atoms with E-state index in [9.17, 15) is 19.4 Å². The second-order valence-electron chi connectivity index (χ2n) is 6.93. The topological polar surface area (TPSA) is 109 Å². The van der Waals surface area contributed by atoms with Crippen LogP contribution in [0.3, 0.4) is 0 Å². The molecule has 1 saturated carbocycles. The number of anilines is 1. The Morgan fingerprint density at radius 2 is 1.81 bits per heavy atom. The molecular weight excluding hydrogens is 432 g/mol. The molecule has 0 atom stereocenters. The lowest BCUT2D eigenvalue weighted by molar-refractivity contribution is -0.00618. The standard InChI is InChI=1S/C19H12FN5OS.C4H7F/c20-26-14-5-3-13(4-6-14)17-15(8-21)18(23)25-19(16(17)9-22)27-11-12-2-1-7-24-10-12;5-4-2-1-3-4/h1-7,10H,11H2,(H2,23,25);4H,1-3H2. The Morgan fingerprint density at radius 1 is 1.12 bits per heavy atom. The second-order valence-corrected chi connectivity index (χ2v) is 7.89. The molecule has 3 aromatic rings. The number of hydrogen-bond acceptors (Lipinski definition) is 7. The van der Waals surface area contributed by atoms with Gasteiger partial charge in [-0.3, -0.25) is 9.93 Å². The number of hydrogen-bond donors (Lipinski definition) is 1. The molecular formula is C23H19F2N5OS. The number of rotatable bonds is 5. The molecule has 0 amide bonds. The minimum atomic E-state index is -0.435. The van der Waals surface area contributed by atoms with Crippen molar-refractivity contribution in [3.05, 3.63) is 65.5 Å². The molecule has 4 rings (SSSR count). The van der Waals surface area contributed by atoms with E-state index in [0.717, 1.165) is 24.8 Å². The first-order valence-corrected chi connectivity index (χ1v) is 10.7. The van der Waals surface area contributed by atoms with Crippen LogP contribution in [0.1, 0.15) is 36.0 Å². The summed E-state index contributed by atoms with van der Waals surface area (Å²) in [6.07, 6.45) is 5.72. The fraction of sp³-hybridized carbons (Fsp3) is 0.217. The van der Waals surface area contributed by atoms with Crippen LogP contribution < -0.4 is 10.7 Å². The number of halogens is 2. The van der Waals surface area contributed by atoms with E-state index in [1.807, 2.05) is 18.2 Å². The number of pyridine rings is 2. The van der Waals surface area contributed by atoms with Gasteiger partial charge in [0, 0.05) is 28.2 Å². The van der Waals surface area contributed by atoms with Crippen LogP contribution in [-0.2, 0) is 5.75 Å². The SMILES string of the molecule is FC1CCC1.N#Cc1c(N)nc(SCc2cccnc2)c(C#N)c1-c1ccc(OF)cc1. The maximum atomic E-state index is 12.3. The van der Waals surface area contributed by atoms with Crippen molar-refractivity contribution in [3.8, 4) is 29.0 Å². The van der Waals surface area contributed by atoms with Gasteiger partial charge in [-0.25, -0.2) is 9.37 Å². The number of nitrogen functional groups attached to an aromatic ring is 1. The van der Waals surface area contributed by atoms with Crippen LogP contribution >= 0.6 is 11.8 Å². The van der Waals surface area contributed by atoms with E-state index in [4.69, 9.17) is 5.73 Å². The molecule has 0 unspecified atom stereocenters. The van der Waals surface area contributed by atoms with Gasteiger partial charge in [0.05, 0.1) is 5.56 Å². The van der Waals surface area contributed by atoms with E-state index in [2.05, 4.69) is 21.0 Å². The Morgan fingerprint density at radius 3 is 2.31 bits per heavy atom. The zero-order valence-electron chi connectivity index (χ0n) is 17.0. The van der Waals surface area contributed by atoms with Crippen molar-refractivity contribution < 1.29 is 13.9 Å². The zero-order chi connectivity index (χ0) is 22.9. The molecule has 2 heterocycles. The van der Waals surface area contributed by atoms with Crippen LogP contribution in [0.25, 0.3) is 11.1 Å². The number of nitriles is 2. The molecule has 162 valence electrons. The van der Waals surface area contributed by atoms with Crippen LogP contribution in [0, 0.1) is 22.7 Å². The van der Waals surface area contributed by atoms with Gasteiger partial charge >= 0.3 is 0 Å². The second kappa shape index (κ2) is 11.1. The maximum Gasteiger partial charge on any atom is 0.171 e. The number of aromatic nitrogens is 2. The molecule has 1 fully saturated rings. The summed E-state index contributed by atoms with van der Waals surface area (Å²) >= 11 is 1.33. The first-order valence-electron chi connectivity index (χ1n) is 9.75. The molecule has 0 spiro atoms. The quantitative estimate of drug-likeness (QED) is 0.508. The van der Waals surface area contributed by atoms with Gasteiger partial charge in [0.25, 0.3) is 0 Å². The van der Waals surface area contributed by atoms with Crippen molar-refractivity contribution in [1.82, 2.24) is 9.97 Å². The summed E-state index contributed by atoms with van der Waals surface area (Å²) in [6.45, 7) is 0. The number of benzene rings is 1. The highest BCUT2D eigenvalue weighted by atomic mass is 32.2. The molecule has 0 bridgehead atoms. The minimum absolute atomic E-state index is 0.0176. The Labute approximate surface area is 188 Å². The van der Waals surface area contributed by atoms with Crippen molar-refractivity contribution in [2.24, 2.45) is 0 Å². The number of thioether (sulfide) groups is 1. The molecule has 6 nitrogen and oxygen atoms in total. The Hall–Kier alpha value is -3.69. The molecule has 1 aromatic carbocycles. The van der Waals surface area contributed by atoms with Gasteiger partial charge in [-0.1, -0.05) is 18.2 Å². The van der Waals surface area contributed by atoms with Gasteiger partial charge in [-0.15, -0.1) is 11.8 Å². The van der Waals surface area contributed by atoms with Gasteiger partial charge in [0.15, 0.2) is 5.75 Å². The highest BCUT2D eigenvalue weighted by Crippen LogP contribution is 2.37. The average Bonchev–Trinajstić information content (AvgIpc) is 2.82. The summed E-state index contributed by atoms with van der Waals surface area (Å²) in [6, 6.07) is 13.8. The minimum Gasteiger partial charge on any atom is -0.383 e. The lowest BCUT2D eigenvalue weighted by Crippen LogP contribution is -2.09. The Kier molecular flexibility index (Phi) is 7.96. The van der Waals surface area contributed by atoms with E-state index in [1.54, 1.807) is 24.5 Å². The fourth-order valence-electron chi connectivity index (χ4n) is 2.86. The molecule has 1 aliphatic rings. The first-order chi connectivity index (χ1) is 15.6. The van der Waals surface area contributed by atoms with Crippen LogP contribution in [0.4, 0.5) is 14.7 Å². The molecule has 9 heteroatoms. The van der Waals surface area contributed by atoms with Crippen LogP contribution in [0.5, 0.6) is 5.75 Å². The van der Waals surface area contributed by atoms with E-state index in [0.29, 0.717) is 21.9 Å². The monoisotopic (exact) mass is 451 g/mol. The van der Waals surface area contributed by atoms with E-state index >= 15 is 0 Å². The normalized spacial score (nSPS) is 12.5. The Bertz CT molecular complexity index is 1140. The van der Waals surface area contributed by atoms with Crippen molar-refractivity contribution in [1.29, 1.82) is 10.5 Å². The summed E-state index contributed by atoms with van der Waals surface area (Å²) in [4.78, 5) is 12.0. The first kappa shape index (κ1) is 23.0. The molecule has 0 radical (unpaired) electrons. The van der Waals surface area contributed by atoms with E-state index < -0.39 is 6.17 Å². The molecule has 2 aromatic heterocycles. The third-order valence-corrected chi connectivity index (χ3v) is 5.83. The fourth-order valence-corrected chi connectivity index (χ4v) is 3.79. The lowest BCUT2D eigenvalue weighted by atomic mass is 9.97. The summed E-state index contributed by atoms with van der Waals surface area (Å²) in [5.74, 6) is 0.588. The molecule has 1 aliphatic carbocycles. The smallest absolute Gasteiger partial charge is 0.171 e. The molecule has 0 saturated heterocycles. The maximum absolute atomic E-state index is 12.3. The highest BCUT2D eigenvalue weighted by Gasteiger charge is 2.20. The predicted octanol–water partition coefficient (Wildman–Crippen LogP) is 5.53. The molecule has 32 heavy (non-hydrogen) atoms. The zero-order valence-corrected chi connectivity index (χ0v) is 17.8. The van der Waals surface area contributed by atoms with Crippen molar-refractivity contribution in [2.75, 3.05) is 5.73 Å². The average molecular weight is 452 g/mol. The number of nitrogens with zero attached hydrogens (tertiary/aromatic N) is 4. The molecule has 0 aliphatic heterocycles. The largest absolute Gasteiger partial charge is 0.383 e. The van der Waals surface area contributed by atoms with Gasteiger partial charge < -0.3 is 5.73 Å². The summed E-state index contributed by atoms with van der Waals surface area (Å²) in [7, 11) is 0. The summed E-state index contributed by atoms with van der Waals surface area (Å²) < 4.78 is 23.8. The third kappa shape index (κ3) is 5.51. The van der Waals surface area contributed by atoms with Gasteiger partial charge in [-0.2, -0.15) is 10.5 Å². The summed E-state index contributed by atoms with van der Waals surface area (Å²) in [5.41, 5.74) is 8.18. The van der Waals surface area contributed by atoms with E-state index in [1.165, 1.54) is 23.9 Å². The van der Waals surface area contributed by atoms with Gasteiger partial charge in [0.2, 0.25) is 0 Å². The van der Waals surface area contributed by atoms with Gasteiger partial charge in [-0.05, 0) is 48.6 Å². The predicted molar refractivity (Wildman–Crippen MR) is 118 cm³/mol. The van der Waals surface area contributed by atoms with Gasteiger partial charge in [0.1, 0.15) is 34.7 Å². The summed E-state index contributed by atoms with van der Waals surface area (Å²) in [5, 5.41) is 19.6. The Balaban J connectivity index is 0.000000509. The van der Waals surface area contributed by atoms with Crippen molar-refractivity contribution in [2.45, 2.75) is 36.2 Å². The van der Waals surface area contributed by atoms with Crippen LogP contribution in [0.15, 0.2) is 53.8 Å². The number of nitrogens with two attached hydrogens (primary N) is 1. The molecule has 2 N–H and O–H groups in total. The highest BCUT2D eigenvalue weighted by molar-refractivity contribution is 7.98. The van der Waals surface area contributed by atoms with Crippen molar-refractivity contribution >= 4 is 17.6 Å². The lowest BCUT2D eigenvalue weighted by Gasteiger charge is -2.14. The van der Waals surface area contributed by atoms with Crippen LogP contribution in [-0.4, -0.2) is 16.1 Å².